The Morgan fingerprint density at radius 2 is 1.62 bits per heavy atom. The van der Waals surface area contributed by atoms with Crippen LogP contribution in [0.4, 0.5) is 5.69 Å². The van der Waals surface area contributed by atoms with Gasteiger partial charge in [-0.15, -0.1) is 0 Å². The first-order valence-corrected chi connectivity index (χ1v) is 13.5. The molecule has 37 heavy (non-hydrogen) atoms. The molecule has 0 atom stereocenters. The van der Waals surface area contributed by atoms with Crippen molar-refractivity contribution in [3.8, 4) is 11.5 Å². The van der Waals surface area contributed by atoms with Gasteiger partial charge in [-0.25, -0.2) is 13.8 Å². The average molecular weight is 524 g/mol. The number of carbonyl (C=O) groups is 1. The lowest BCUT2D eigenvalue weighted by Gasteiger charge is -2.26. The molecule has 0 radical (unpaired) electrons. The van der Waals surface area contributed by atoms with Crippen LogP contribution < -0.4 is 19.2 Å². The number of hydrogen-bond donors (Lipinski definition) is 1. The maximum Gasteiger partial charge on any atom is 0.264 e. The molecule has 0 aliphatic carbocycles. The first kappa shape index (κ1) is 27.7. The lowest BCUT2D eigenvalue weighted by molar-refractivity contribution is -0.119. The number of amides is 1. The van der Waals surface area contributed by atoms with E-state index in [1.807, 2.05) is 40.7 Å². The molecule has 0 aromatic heterocycles. The van der Waals surface area contributed by atoms with Gasteiger partial charge < -0.3 is 9.47 Å². The second-order valence-corrected chi connectivity index (χ2v) is 10.3. The van der Waals surface area contributed by atoms with Crippen molar-refractivity contribution in [2.24, 2.45) is 5.10 Å². The van der Waals surface area contributed by atoms with E-state index in [9.17, 15) is 13.2 Å². The van der Waals surface area contributed by atoms with Gasteiger partial charge >= 0.3 is 0 Å². The molecule has 0 fully saturated rings. The number of sulfonamides is 1. The zero-order valence-electron chi connectivity index (χ0n) is 21.8. The Morgan fingerprint density at radius 3 is 2.30 bits per heavy atom. The number of hydrazone groups is 1. The number of ether oxygens (including phenoxy) is 2. The second-order valence-electron chi connectivity index (χ2n) is 8.41. The number of rotatable bonds is 11. The van der Waals surface area contributed by atoms with Crippen molar-refractivity contribution in [1.82, 2.24) is 5.43 Å². The maximum absolute atomic E-state index is 13.6. The van der Waals surface area contributed by atoms with Crippen molar-refractivity contribution >= 4 is 27.8 Å². The van der Waals surface area contributed by atoms with Crippen LogP contribution in [0.1, 0.15) is 36.1 Å². The van der Waals surface area contributed by atoms with Crippen LogP contribution >= 0.6 is 0 Å². The van der Waals surface area contributed by atoms with E-state index >= 15 is 0 Å². The van der Waals surface area contributed by atoms with Crippen LogP contribution in [-0.2, 0) is 14.8 Å². The van der Waals surface area contributed by atoms with Crippen LogP contribution in [0.15, 0.2) is 70.7 Å². The van der Waals surface area contributed by atoms with Crippen LogP contribution in [0, 0.1) is 20.8 Å². The zero-order chi connectivity index (χ0) is 27.0. The summed E-state index contributed by atoms with van der Waals surface area (Å²) < 4.78 is 39.5. The predicted octanol–water partition coefficient (Wildman–Crippen LogP) is 4.75. The lowest BCUT2D eigenvalue weighted by Crippen LogP contribution is -2.40. The summed E-state index contributed by atoms with van der Waals surface area (Å²) in [6.07, 6.45) is 1.47. The Hall–Kier alpha value is -3.85. The van der Waals surface area contributed by atoms with Crippen molar-refractivity contribution < 1.29 is 22.7 Å². The van der Waals surface area contributed by atoms with Crippen molar-refractivity contribution in [2.75, 3.05) is 24.1 Å². The molecular weight excluding hydrogens is 490 g/mol. The first-order chi connectivity index (χ1) is 17.7. The summed E-state index contributed by atoms with van der Waals surface area (Å²) >= 11 is 0. The fourth-order valence-electron chi connectivity index (χ4n) is 3.64. The summed E-state index contributed by atoms with van der Waals surface area (Å²) in [5, 5.41) is 4.03. The summed E-state index contributed by atoms with van der Waals surface area (Å²) in [7, 11) is -4.01. The molecule has 0 spiro atoms. The van der Waals surface area contributed by atoms with Gasteiger partial charge in [-0.3, -0.25) is 9.10 Å². The topological polar surface area (TPSA) is 97.3 Å². The smallest absolute Gasteiger partial charge is 0.264 e. The Bertz CT molecular complexity index is 1370. The van der Waals surface area contributed by atoms with Gasteiger partial charge in [-0.05, 0) is 87.7 Å². The van der Waals surface area contributed by atoms with Crippen LogP contribution in [0.5, 0.6) is 11.5 Å². The average Bonchev–Trinajstić information content (AvgIpc) is 2.86. The van der Waals surface area contributed by atoms with E-state index < -0.39 is 22.5 Å². The normalized spacial score (nSPS) is 11.4. The SMILES string of the molecule is CCOc1ccc(/C=N\NC(=O)CN(c2cccc(C)c2C)S(=O)(=O)c2ccc(C)cc2)cc1OCC. The third-order valence-electron chi connectivity index (χ3n) is 5.71. The molecule has 1 N–H and O–H groups in total. The standard InChI is InChI=1S/C28H33N3O5S/c1-6-35-26-16-13-23(17-27(26)36-7-2)18-29-30-28(32)19-31(25-10-8-9-21(4)22(25)5)37(33,34)24-14-11-20(3)12-15-24/h8-18H,6-7,19H2,1-5H3,(H,30,32)/b29-18-. The number of anilines is 1. The fourth-order valence-corrected chi connectivity index (χ4v) is 5.11. The molecule has 3 rings (SSSR count). The highest BCUT2D eigenvalue weighted by Crippen LogP contribution is 2.29. The lowest BCUT2D eigenvalue weighted by atomic mass is 10.1. The van der Waals surface area contributed by atoms with Gasteiger partial charge in [0.25, 0.3) is 15.9 Å². The number of benzene rings is 3. The van der Waals surface area contributed by atoms with E-state index in [0.717, 1.165) is 21.0 Å². The maximum atomic E-state index is 13.6. The highest BCUT2D eigenvalue weighted by Gasteiger charge is 2.28. The highest BCUT2D eigenvalue weighted by molar-refractivity contribution is 7.92. The van der Waals surface area contributed by atoms with Crippen molar-refractivity contribution in [1.29, 1.82) is 0 Å². The first-order valence-electron chi connectivity index (χ1n) is 12.0. The molecule has 0 unspecified atom stereocenters. The van der Waals surface area contributed by atoms with E-state index in [1.54, 1.807) is 54.6 Å². The van der Waals surface area contributed by atoms with Gasteiger partial charge in [-0.2, -0.15) is 5.10 Å². The molecule has 0 saturated heterocycles. The van der Waals surface area contributed by atoms with Crippen molar-refractivity contribution in [3.63, 3.8) is 0 Å². The van der Waals surface area contributed by atoms with E-state index in [2.05, 4.69) is 10.5 Å². The van der Waals surface area contributed by atoms with Crippen molar-refractivity contribution in [2.45, 2.75) is 39.5 Å². The molecule has 0 saturated carbocycles. The Kier molecular flexibility index (Phi) is 9.30. The van der Waals surface area contributed by atoms with Gasteiger partial charge in [0, 0.05) is 0 Å². The molecule has 0 bridgehead atoms. The molecule has 1 amide bonds. The number of carbonyl (C=O) groups excluding carboxylic acids is 1. The molecule has 3 aromatic rings. The number of hydrogen-bond acceptors (Lipinski definition) is 6. The third kappa shape index (κ3) is 6.89. The third-order valence-corrected chi connectivity index (χ3v) is 7.49. The van der Waals surface area contributed by atoms with Crippen LogP contribution in [0.2, 0.25) is 0 Å². The minimum absolute atomic E-state index is 0.105. The van der Waals surface area contributed by atoms with E-state index in [0.29, 0.717) is 36.0 Å². The van der Waals surface area contributed by atoms with Crippen LogP contribution in [0.3, 0.4) is 0 Å². The summed E-state index contributed by atoms with van der Waals surface area (Å²) in [6, 6.07) is 17.2. The highest BCUT2D eigenvalue weighted by atomic mass is 32.2. The monoisotopic (exact) mass is 523 g/mol. The van der Waals surface area contributed by atoms with E-state index in [1.165, 1.54) is 6.21 Å². The van der Waals surface area contributed by atoms with Gasteiger partial charge in [0.2, 0.25) is 0 Å². The molecule has 0 heterocycles. The number of nitrogens with zero attached hydrogens (tertiary/aromatic N) is 2. The Morgan fingerprint density at radius 1 is 0.946 bits per heavy atom. The molecule has 196 valence electrons. The predicted molar refractivity (Wildman–Crippen MR) is 146 cm³/mol. The zero-order valence-corrected chi connectivity index (χ0v) is 22.6. The molecule has 9 heteroatoms. The van der Waals surface area contributed by atoms with E-state index in [-0.39, 0.29) is 4.90 Å². The summed E-state index contributed by atoms with van der Waals surface area (Å²) in [5.41, 5.74) is 6.19. The second kappa shape index (κ2) is 12.4. The molecular formula is C28H33N3O5S. The van der Waals surface area contributed by atoms with Gasteiger partial charge in [0.1, 0.15) is 6.54 Å². The summed E-state index contributed by atoms with van der Waals surface area (Å²) in [4.78, 5) is 13.0. The number of aryl methyl sites for hydroxylation is 2. The molecule has 0 aliphatic rings. The van der Waals surface area contributed by atoms with Gasteiger partial charge in [0.15, 0.2) is 11.5 Å². The minimum atomic E-state index is -4.01. The largest absolute Gasteiger partial charge is 0.490 e. The molecule has 0 aliphatic heterocycles. The quantitative estimate of drug-likeness (QED) is 0.289. The Balaban J connectivity index is 1.84. The van der Waals surface area contributed by atoms with Gasteiger partial charge in [0.05, 0.1) is 30.0 Å². The fraction of sp³-hybridized carbons (Fsp3) is 0.286. The van der Waals surface area contributed by atoms with Crippen LogP contribution in [-0.4, -0.2) is 40.3 Å². The Labute approximate surface area is 219 Å². The summed E-state index contributed by atoms with van der Waals surface area (Å²) in [6.45, 7) is 9.92. The van der Waals surface area contributed by atoms with E-state index in [4.69, 9.17) is 9.47 Å². The minimum Gasteiger partial charge on any atom is -0.490 e. The van der Waals surface area contributed by atoms with Gasteiger partial charge in [-0.1, -0.05) is 29.8 Å². The van der Waals surface area contributed by atoms with Crippen molar-refractivity contribution in [3.05, 3.63) is 82.9 Å². The number of nitrogens with one attached hydrogen (secondary N) is 1. The molecule has 3 aromatic carbocycles. The molecule has 8 nitrogen and oxygen atoms in total. The van der Waals surface area contributed by atoms with Crippen LogP contribution in [0.25, 0.3) is 0 Å². The summed E-state index contributed by atoms with van der Waals surface area (Å²) in [5.74, 6) is 0.616.